The number of aromatic nitrogens is 2. The predicted octanol–water partition coefficient (Wildman–Crippen LogP) is 2.03. The second-order valence-corrected chi connectivity index (χ2v) is 5.53. The van der Waals surface area contributed by atoms with Gasteiger partial charge in [-0.25, -0.2) is 4.98 Å². The first-order valence-electron chi connectivity index (χ1n) is 7.29. The summed E-state index contributed by atoms with van der Waals surface area (Å²) in [4.78, 5) is 18.8. The minimum Gasteiger partial charge on any atom is -0.341 e. The Hall–Kier alpha value is -2.35. The molecule has 0 radical (unpaired) electrons. The van der Waals surface area contributed by atoms with Crippen LogP contribution in [0.4, 0.5) is 0 Å². The maximum Gasteiger partial charge on any atom is 0.242 e. The van der Waals surface area contributed by atoms with Gasteiger partial charge in [-0.05, 0) is 37.5 Å². The van der Waals surface area contributed by atoms with Gasteiger partial charge in [-0.15, -0.1) is 0 Å². The molecule has 5 heteroatoms. The number of likely N-dealkylation sites (tertiary alicyclic amines) is 1. The fraction of sp³-hybridized carbons (Fsp3) is 0.438. The van der Waals surface area contributed by atoms with E-state index in [-0.39, 0.29) is 18.9 Å². The molecular formula is C16H18N4O. The van der Waals surface area contributed by atoms with Gasteiger partial charge in [0.05, 0.1) is 23.5 Å². The van der Waals surface area contributed by atoms with Crippen LogP contribution in [0.2, 0.25) is 0 Å². The predicted molar refractivity (Wildman–Crippen MR) is 79.6 cm³/mol. The van der Waals surface area contributed by atoms with Crippen molar-refractivity contribution in [2.45, 2.75) is 32.7 Å². The Labute approximate surface area is 123 Å². The maximum atomic E-state index is 12.4. The van der Waals surface area contributed by atoms with Crippen molar-refractivity contribution < 1.29 is 4.79 Å². The minimum absolute atomic E-state index is 0.117. The van der Waals surface area contributed by atoms with Crippen molar-refractivity contribution >= 4 is 16.9 Å². The average Bonchev–Trinajstić information content (AvgIpc) is 3.08. The molecule has 21 heavy (non-hydrogen) atoms. The zero-order valence-electron chi connectivity index (χ0n) is 12.2. The fourth-order valence-corrected chi connectivity index (χ4v) is 2.87. The van der Waals surface area contributed by atoms with E-state index < -0.39 is 0 Å². The lowest BCUT2D eigenvalue weighted by Crippen LogP contribution is -2.31. The van der Waals surface area contributed by atoms with Gasteiger partial charge in [0, 0.05) is 13.1 Å². The SMILES string of the molecule is Cc1ccc2c(c1)nc(CC#N)n2CC(=O)N1CCCC1. The van der Waals surface area contributed by atoms with Crippen LogP contribution in [0.3, 0.4) is 0 Å². The average molecular weight is 282 g/mol. The summed E-state index contributed by atoms with van der Waals surface area (Å²) in [7, 11) is 0. The molecule has 1 aliphatic heterocycles. The number of hydrogen-bond acceptors (Lipinski definition) is 3. The summed E-state index contributed by atoms with van der Waals surface area (Å²) in [6, 6.07) is 8.12. The summed E-state index contributed by atoms with van der Waals surface area (Å²) in [6.45, 7) is 3.98. The molecule has 0 aliphatic carbocycles. The molecule has 1 aromatic heterocycles. The van der Waals surface area contributed by atoms with Crippen LogP contribution in [-0.4, -0.2) is 33.4 Å². The second kappa shape index (κ2) is 5.57. The number of nitrogens with zero attached hydrogens (tertiary/aromatic N) is 4. The van der Waals surface area contributed by atoms with Crippen molar-refractivity contribution in [2.24, 2.45) is 0 Å². The Bertz CT molecular complexity index is 720. The zero-order chi connectivity index (χ0) is 14.8. The number of carbonyl (C=O) groups is 1. The molecule has 108 valence electrons. The summed E-state index contributed by atoms with van der Waals surface area (Å²) < 4.78 is 1.89. The van der Waals surface area contributed by atoms with E-state index >= 15 is 0 Å². The molecule has 0 bridgehead atoms. The Morgan fingerprint density at radius 2 is 2.14 bits per heavy atom. The minimum atomic E-state index is 0.117. The van der Waals surface area contributed by atoms with Crippen molar-refractivity contribution in [2.75, 3.05) is 13.1 Å². The molecule has 2 heterocycles. The molecule has 5 nitrogen and oxygen atoms in total. The smallest absolute Gasteiger partial charge is 0.242 e. The van der Waals surface area contributed by atoms with Crippen LogP contribution in [0.25, 0.3) is 11.0 Å². The molecule has 1 aliphatic rings. The lowest BCUT2D eigenvalue weighted by Gasteiger charge is -2.16. The molecule has 0 spiro atoms. The third kappa shape index (κ3) is 2.62. The van der Waals surface area contributed by atoms with E-state index in [0.29, 0.717) is 5.82 Å². The molecule has 2 aromatic rings. The first-order valence-corrected chi connectivity index (χ1v) is 7.29. The van der Waals surface area contributed by atoms with Crippen molar-refractivity contribution in [3.05, 3.63) is 29.6 Å². The zero-order valence-corrected chi connectivity index (χ0v) is 12.2. The van der Waals surface area contributed by atoms with Crippen LogP contribution in [0.5, 0.6) is 0 Å². The molecular weight excluding hydrogens is 264 g/mol. The van der Waals surface area contributed by atoms with Crippen LogP contribution in [0.1, 0.15) is 24.2 Å². The summed E-state index contributed by atoms with van der Waals surface area (Å²) in [6.07, 6.45) is 2.39. The number of hydrogen-bond donors (Lipinski definition) is 0. The molecule has 1 saturated heterocycles. The van der Waals surface area contributed by atoms with Crippen LogP contribution >= 0.6 is 0 Å². The molecule has 0 N–H and O–H groups in total. The van der Waals surface area contributed by atoms with Crippen LogP contribution < -0.4 is 0 Å². The Morgan fingerprint density at radius 3 is 2.86 bits per heavy atom. The highest BCUT2D eigenvalue weighted by atomic mass is 16.2. The van der Waals surface area contributed by atoms with E-state index in [9.17, 15) is 4.79 Å². The highest BCUT2D eigenvalue weighted by Gasteiger charge is 2.20. The van der Waals surface area contributed by atoms with Gasteiger partial charge < -0.3 is 9.47 Å². The normalized spacial score (nSPS) is 14.6. The van der Waals surface area contributed by atoms with Gasteiger partial charge in [-0.1, -0.05) is 6.07 Å². The number of nitriles is 1. The molecule has 1 fully saturated rings. The van der Waals surface area contributed by atoms with E-state index in [4.69, 9.17) is 5.26 Å². The maximum absolute atomic E-state index is 12.4. The van der Waals surface area contributed by atoms with Gasteiger partial charge in [0.1, 0.15) is 12.4 Å². The van der Waals surface area contributed by atoms with Crippen LogP contribution in [0.15, 0.2) is 18.2 Å². The summed E-state index contributed by atoms with van der Waals surface area (Å²) >= 11 is 0. The lowest BCUT2D eigenvalue weighted by molar-refractivity contribution is -0.130. The van der Waals surface area contributed by atoms with Gasteiger partial charge in [0.2, 0.25) is 5.91 Å². The Morgan fingerprint density at radius 1 is 1.38 bits per heavy atom. The van der Waals surface area contributed by atoms with Gasteiger partial charge in [-0.3, -0.25) is 4.79 Å². The van der Waals surface area contributed by atoms with Crippen LogP contribution in [0, 0.1) is 18.3 Å². The van der Waals surface area contributed by atoms with Crippen molar-refractivity contribution in [3.63, 3.8) is 0 Å². The molecule has 1 amide bonds. The van der Waals surface area contributed by atoms with Gasteiger partial charge in [0.25, 0.3) is 0 Å². The third-order valence-corrected chi connectivity index (χ3v) is 3.97. The number of aryl methyl sites for hydroxylation is 1. The van der Waals surface area contributed by atoms with E-state index in [2.05, 4.69) is 11.1 Å². The van der Waals surface area contributed by atoms with Crippen molar-refractivity contribution in [1.82, 2.24) is 14.5 Å². The number of amides is 1. The van der Waals surface area contributed by atoms with Crippen molar-refractivity contribution in [3.8, 4) is 6.07 Å². The first kappa shape index (κ1) is 13.6. The lowest BCUT2D eigenvalue weighted by atomic mass is 10.2. The highest BCUT2D eigenvalue weighted by Crippen LogP contribution is 2.19. The summed E-state index contributed by atoms with van der Waals surface area (Å²) in [5.74, 6) is 0.789. The monoisotopic (exact) mass is 282 g/mol. The molecule has 1 aromatic carbocycles. The summed E-state index contributed by atoms with van der Waals surface area (Å²) in [5, 5.41) is 8.97. The Kier molecular flexibility index (Phi) is 3.61. The molecule has 0 unspecified atom stereocenters. The molecule has 0 saturated carbocycles. The standard InChI is InChI=1S/C16H18N4O/c1-12-4-5-14-13(10-12)18-15(6-7-17)20(14)11-16(21)19-8-2-3-9-19/h4-5,10H,2-3,6,8-9,11H2,1H3. The van der Waals surface area contributed by atoms with E-state index in [1.54, 1.807) is 0 Å². The van der Waals surface area contributed by atoms with Gasteiger partial charge in [-0.2, -0.15) is 5.26 Å². The first-order chi connectivity index (χ1) is 10.2. The fourth-order valence-electron chi connectivity index (χ4n) is 2.87. The number of carbonyl (C=O) groups excluding carboxylic acids is 1. The number of rotatable bonds is 3. The van der Waals surface area contributed by atoms with E-state index in [1.807, 2.05) is 34.6 Å². The second-order valence-electron chi connectivity index (χ2n) is 5.53. The van der Waals surface area contributed by atoms with Crippen LogP contribution in [-0.2, 0) is 17.8 Å². The quantitative estimate of drug-likeness (QED) is 0.865. The highest BCUT2D eigenvalue weighted by molar-refractivity contribution is 5.81. The van der Waals surface area contributed by atoms with Gasteiger partial charge in [0.15, 0.2) is 0 Å². The summed E-state index contributed by atoms with van der Waals surface area (Å²) in [5.41, 5.74) is 2.91. The molecule has 3 rings (SSSR count). The van der Waals surface area contributed by atoms with Crippen molar-refractivity contribution in [1.29, 1.82) is 5.26 Å². The number of imidazole rings is 1. The molecule has 0 atom stereocenters. The Balaban J connectivity index is 1.97. The third-order valence-electron chi connectivity index (χ3n) is 3.97. The van der Waals surface area contributed by atoms with Gasteiger partial charge >= 0.3 is 0 Å². The number of fused-ring (bicyclic) bond motifs is 1. The largest absolute Gasteiger partial charge is 0.341 e. The van der Waals surface area contributed by atoms with E-state index in [1.165, 1.54) is 0 Å². The van der Waals surface area contributed by atoms with E-state index in [0.717, 1.165) is 42.5 Å². The number of benzene rings is 1. The topological polar surface area (TPSA) is 61.9 Å².